The Morgan fingerprint density at radius 3 is 2.58 bits per heavy atom. The van der Waals surface area contributed by atoms with Crippen LogP contribution in [0.1, 0.15) is 5.56 Å². The lowest BCUT2D eigenvalue weighted by atomic mass is 10.2. The van der Waals surface area contributed by atoms with Crippen molar-refractivity contribution in [2.24, 2.45) is 0 Å². The van der Waals surface area contributed by atoms with Crippen LogP contribution < -0.4 is 9.46 Å². The predicted molar refractivity (Wildman–Crippen MR) is 61.3 cm³/mol. The van der Waals surface area contributed by atoms with Crippen LogP contribution in [0.4, 0.5) is 8.78 Å². The molecule has 0 spiro atoms. The maximum Gasteiger partial charge on any atom is 0.387 e. The van der Waals surface area contributed by atoms with Gasteiger partial charge in [-0.3, -0.25) is 4.79 Å². The van der Waals surface area contributed by atoms with Crippen LogP contribution in [0.2, 0.25) is 0 Å². The highest BCUT2D eigenvalue weighted by atomic mass is 32.2. The van der Waals surface area contributed by atoms with E-state index in [2.05, 4.69) is 4.74 Å². The van der Waals surface area contributed by atoms with Crippen LogP contribution >= 0.6 is 0 Å². The molecular weight excluding hydrogens is 284 g/mol. The zero-order chi connectivity index (χ0) is 14.5. The molecule has 6 nitrogen and oxygen atoms in total. The summed E-state index contributed by atoms with van der Waals surface area (Å²) in [6.07, 6.45) is 0. The maximum absolute atomic E-state index is 12.1. The van der Waals surface area contributed by atoms with Crippen LogP contribution in [0.3, 0.4) is 0 Å². The van der Waals surface area contributed by atoms with Crippen LogP contribution in [0, 0.1) is 0 Å². The topological polar surface area (TPSA) is 92.7 Å². The minimum absolute atomic E-state index is 0.171. The Balaban J connectivity index is 2.75. The number of carboxylic acids is 1. The average Bonchev–Trinajstić information content (AvgIpc) is 2.25. The number of hydrogen-bond donors (Lipinski definition) is 2. The number of hydrogen-bond acceptors (Lipinski definition) is 4. The molecule has 0 amide bonds. The quantitative estimate of drug-likeness (QED) is 0.776. The molecule has 0 atom stereocenters. The molecule has 0 aliphatic heterocycles. The molecule has 0 unspecified atom stereocenters. The van der Waals surface area contributed by atoms with Gasteiger partial charge >= 0.3 is 12.6 Å². The van der Waals surface area contributed by atoms with Crippen LogP contribution in [0.25, 0.3) is 0 Å². The van der Waals surface area contributed by atoms with E-state index < -0.39 is 28.4 Å². The molecule has 1 aromatic rings. The number of ether oxygens (including phenoxy) is 1. The fraction of sp³-hybridized carbons (Fsp3) is 0.300. The fourth-order valence-corrected chi connectivity index (χ4v) is 2.06. The monoisotopic (exact) mass is 295 g/mol. The van der Waals surface area contributed by atoms with E-state index in [0.717, 1.165) is 0 Å². The number of halogens is 2. The van der Waals surface area contributed by atoms with Crippen molar-refractivity contribution in [3.05, 3.63) is 29.8 Å². The molecular formula is C10H11F2NO5S. The summed E-state index contributed by atoms with van der Waals surface area (Å²) in [4.78, 5) is 10.3. The number of aliphatic carboxylic acids is 1. The van der Waals surface area contributed by atoms with Gasteiger partial charge < -0.3 is 9.84 Å². The second-order valence-corrected chi connectivity index (χ2v) is 5.27. The van der Waals surface area contributed by atoms with Crippen molar-refractivity contribution in [2.45, 2.75) is 13.2 Å². The Hall–Kier alpha value is -1.74. The molecule has 2 N–H and O–H groups in total. The standard InChI is InChI=1S/C10H11F2NO5S/c11-10(12)18-8-4-2-1-3-7(8)5-13-19(16,17)6-9(14)15/h1-4,10,13H,5-6H2,(H,14,15). The van der Waals surface area contributed by atoms with Crippen LogP contribution in [0.5, 0.6) is 5.75 Å². The molecule has 1 aromatic carbocycles. The average molecular weight is 295 g/mol. The third kappa shape index (κ3) is 5.62. The second kappa shape index (κ2) is 6.43. The summed E-state index contributed by atoms with van der Waals surface area (Å²) in [7, 11) is -4.02. The number of carbonyl (C=O) groups is 1. The van der Waals surface area contributed by atoms with Gasteiger partial charge in [-0.1, -0.05) is 18.2 Å². The first-order valence-electron chi connectivity index (χ1n) is 5.02. The Labute approximate surface area is 108 Å². The highest BCUT2D eigenvalue weighted by molar-refractivity contribution is 7.90. The van der Waals surface area contributed by atoms with Gasteiger partial charge in [0.15, 0.2) is 5.75 Å². The second-order valence-electron chi connectivity index (χ2n) is 3.46. The number of para-hydroxylation sites is 1. The number of sulfonamides is 1. The van der Waals surface area contributed by atoms with Crippen molar-refractivity contribution in [1.82, 2.24) is 4.72 Å². The molecule has 106 valence electrons. The minimum atomic E-state index is -4.02. The molecule has 0 fully saturated rings. The van der Waals surface area contributed by atoms with Crippen molar-refractivity contribution in [3.63, 3.8) is 0 Å². The van der Waals surface area contributed by atoms with E-state index in [1.54, 1.807) is 0 Å². The SMILES string of the molecule is O=C(O)CS(=O)(=O)NCc1ccccc1OC(F)F. The third-order valence-electron chi connectivity index (χ3n) is 1.98. The molecule has 19 heavy (non-hydrogen) atoms. The van der Waals surface area contributed by atoms with Gasteiger partial charge in [-0.05, 0) is 6.07 Å². The van der Waals surface area contributed by atoms with E-state index in [4.69, 9.17) is 5.11 Å². The Bertz CT molecular complexity index is 547. The third-order valence-corrected chi connectivity index (χ3v) is 3.20. The lowest BCUT2D eigenvalue weighted by molar-refractivity contribution is -0.134. The summed E-state index contributed by atoms with van der Waals surface area (Å²) in [5, 5.41) is 8.38. The first kappa shape index (κ1) is 15.3. The van der Waals surface area contributed by atoms with Crippen molar-refractivity contribution < 1.29 is 31.8 Å². The summed E-state index contributed by atoms with van der Waals surface area (Å²) in [5.41, 5.74) is 0.178. The summed E-state index contributed by atoms with van der Waals surface area (Å²) >= 11 is 0. The van der Waals surface area contributed by atoms with Crippen molar-refractivity contribution >= 4 is 16.0 Å². The lowest BCUT2D eigenvalue weighted by Crippen LogP contribution is -2.29. The Kier molecular flexibility index (Phi) is 5.19. The van der Waals surface area contributed by atoms with E-state index in [0.29, 0.717) is 0 Å². The van der Waals surface area contributed by atoms with E-state index in [1.807, 2.05) is 4.72 Å². The first-order chi connectivity index (χ1) is 8.80. The van der Waals surface area contributed by atoms with Gasteiger partial charge in [0.25, 0.3) is 0 Å². The van der Waals surface area contributed by atoms with Gasteiger partial charge in [-0.15, -0.1) is 0 Å². The molecule has 0 radical (unpaired) electrons. The van der Waals surface area contributed by atoms with Gasteiger partial charge in [0, 0.05) is 12.1 Å². The molecule has 0 saturated heterocycles. The predicted octanol–water partition coefficient (Wildman–Crippen LogP) is 0.792. The zero-order valence-corrected chi connectivity index (χ0v) is 10.4. The smallest absolute Gasteiger partial charge is 0.387 e. The molecule has 0 saturated carbocycles. The zero-order valence-electron chi connectivity index (χ0n) is 9.55. The minimum Gasteiger partial charge on any atom is -0.480 e. The maximum atomic E-state index is 12.1. The number of carboxylic acid groups (broad SMARTS) is 1. The lowest BCUT2D eigenvalue weighted by Gasteiger charge is -2.11. The summed E-state index contributed by atoms with van der Waals surface area (Å²) in [5.74, 6) is -2.77. The molecule has 0 bridgehead atoms. The number of benzene rings is 1. The highest BCUT2D eigenvalue weighted by Crippen LogP contribution is 2.20. The van der Waals surface area contributed by atoms with Gasteiger partial charge in [-0.2, -0.15) is 8.78 Å². The summed E-state index contributed by atoms with van der Waals surface area (Å²) in [6.45, 7) is -3.37. The Morgan fingerprint density at radius 2 is 2.00 bits per heavy atom. The fourth-order valence-electron chi connectivity index (χ4n) is 1.26. The largest absolute Gasteiger partial charge is 0.480 e. The van der Waals surface area contributed by atoms with Crippen LogP contribution in [0.15, 0.2) is 24.3 Å². The van der Waals surface area contributed by atoms with E-state index in [1.165, 1.54) is 24.3 Å². The summed E-state index contributed by atoms with van der Waals surface area (Å²) < 4.78 is 52.9. The van der Waals surface area contributed by atoms with Crippen molar-refractivity contribution in [3.8, 4) is 5.75 Å². The number of nitrogens with one attached hydrogen (secondary N) is 1. The van der Waals surface area contributed by atoms with Crippen molar-refractivity contribution in [2.75, 3.05) is 5.75 Å². The van der Waals surface area contributed by atoms with Gasteiger partial charge in [0.1, 0.15) is 5.75 Å². The number of rotatable bonds is 7. The summed E-state index contributed by atoms with van der Waals surface area (Å²) in [6, 6.07) is 5.61. The molecule has 0 aliphatic rings. The van der Waals surface area contributed by atoms with Gasteiger partial charge in [-0.25, -0.2) is 13.1 Å². The molecule has 9 heteroatoms. The molecule has 1 rings (SSSR count). The molecule has 0 aliphatic carbocycles. The normalized spacial score (nSPS) is 11.5. The van der Waals surface area contributed by atoms with E-state index >= 15 is 0 Å². The van der Waals surface area contributed by atoms with Crippen LogP contribution in [-0.4, -0.2) is 31.9 Å². The van der Waals surface area contributed by atoms with Gasteiger partial charge in [0.2, 0.25) is 10.0 Å². The van der Waals surface area contributed by atoms with Crippen molar-refractivity contribution in [1.29, 1.82) is 0 Å². The van der Waals surface area contributed by atoms with E-state index in [9.17, 15) is 22.0 Å². The van der Waals surface area contributed by atoms with E-state index in [-0.39, 0.29) is 17.9 Å². The first-order valence-corrected chi connectivity index (χ1v) is 6.67. The molecule has 0 aromatic heterocycles. The molecule has 0 heterocycles. The van der Waals surface area contributed by atoms with Gasteiger partial charge in [0.05, 0.1) is 0 Å². The van der Waals surface area contributed by atoms with Crippen LogP contribution in [-0.2, 0) is 21.4 Å². The highest BCUT2D eigenvalue weighted by Gasteiger charge is 2.16. The Morgan fingerprint density at radius 1 is 1.37 bits per heavy atom. The number of alkyl halides is 2.